The van der Waals surface area contributed by atoms with Crippen molar-refractivity contribution in [2.24, 2.45) is 0 Å². The molecule has 6 aromatic rings. The Morgan fingerprint density at radius 2 is 1.23 bits per heavy atom. The molecule has 0 bridgehead atoms. The topological polar surface area (TPSA) is 12.5 Å². The number of hydrogen-bond acceptors (Lipinski definition) is 2. The third-order valence-corrected chi connectivity index (χ3v) is 11.2. The van der Waals surface area contributed by atoms with Crippen molar-refractivity contribution >= 4 is 34.7 Å². The summed E-state index contributed by atoms with van der Waals surface area (Å²) in [4.78, 5) is 2.64. The number of hydrogen-bond donors (Lipinski definition) is 0. The Balaban J connectivity index is 1.10. The maximum atomic E-state index is 5.45. The maximum Gasteiger partial charge on any atom is 0.118 e. The van der Waals surface area contributed by atoms with E-state index >= 15 is 0 Å². The highest BCUT2D eigenvalue weighted by atomic mass is 16.5. The summed E-state index contributed by atoms with van der Waals surface area (Å²) in [6, 6.07) is 51.1. The van der Waals surface area contributed by atoms with Gasteiger partial charge in [0, 0.05) is 23.3 Å². The fraction of sp³-hybridized carbons (Fsp3) is 0.176. The Morgan fingerprint density at radius 3 is 1.87 bits per heavy atom. The first-order chi connectivity index (χ1) is 26.0. The standard InChI is InChI=1S/C51H47NO/c1-35-16-22-41(23-17-35)46(40-10-6-5-7-11-40)13-8-12-39-28-33-50-51(37(39)3)47-14-9-15-49(47)52(50)44-29-20-38(21-30-44)34-48(42-24-18-36(2)19-25-42)43-26-31-45(53-4)32-27-43/h5-8,10-13,16-34,47,49H,9,14-15H2,1-4H3/b12-8+,46-13+,48-34+. The van der Waals surface area contributed by atoms with Crippen LogP contribution in [0.15, 0.2) is 152 Å². The zero-order valence-corrected chi connectivity index (χ0v) is 31.2. The molecule has 262 valence electrons. The quantitative estimate of drug-likeness (QED) is 0.111. The van der Waals surface area contributed by atoms with Gasteiger partial charge in [-0.2, -0.15) is 0 Å². The van der Waals surface area contributed by atoms with E-state index in [0.29, 0.717) is 12.0 Å². The molecule has 0 amide bonds. The van der Waals surface area contributed by atoms with Crippen molar-refractivity contribution in [1.82, 2.24) is 0 Å². The fourth-order valence-electron chi connectivity index (χ4n) is 8.38. The number of rotatable bonds is 9. The molecular weight excluding hydrogens is 643 g/mol. The molecule has 1 fully saturated rings. The summed E-state index contributed by atoms with van der Waals surface area (Å²) in [5, 5.41) is 0. The zero-order chi connectivity index (χ0) is 36.3. The van der Waals surface area contributed by atoms with Crippen LogP contribution >= 0.6 is 0 Å². The Labute approximate surface area is 315 Å². The highest BCUT2D eigenvalue weighted by Crippen LogP contribution is 2.54. The molecule has 2 atom stereocenters. The summed E-state index contributed by atoms with van der Waals surface area (Å²) in [5.41, 5.74) is 17.9. The Bertz CT molecular complexity index is 2290. The zero-order valence-electron chi connectivity index (χ0n) is 31.2. The number of aryl methyl sites for hydroxylation is 2. The highest BCUT2D eigenvalue weighted by molar-refractivity contribution is 5.92. The molecule has 0 aromatic heterocycles. The number of allylic oxidation sites excluding steroid dienone is 2. The van der Waals surface area contributed by atoms with Crippen LogP contribution in [0, 0.1) is 20.8 Å². The lowest BCUT2D eigenvalue weighted by Gasteiger charge is -2.27. The van der Waals surface area contributed by atoms with Gasteiger partial charge in [-0.05, 0) is 126 Å². The molecule has 1 saturated carbocycles. The summed E-state index contributed by atoms with van der Waals surface area (Å²) in [6.45, 7) is 6.61. The van der Waals surface area contributed by atoms with Gasteiger partial charge in [0.15, 0.2) is 0 Å². The molecule has 53 heavy (non-hydrogen) atoms. The van der Waals surface area contributed by atoms with E-state index in [1.54, 1.807) is 7.11 Å². The van der Waals surface area contributed by atoms with Crippen LogP contribution in [0.3, 0.4) is 0 Å². The molecule has 0 radical (unpaired) electrons. The Morgan fingerprint density at radius 1 is 0.623 bits per heavy atom. The second-order valence-corrected chi connectivity index (χ2v) is 14.6. The van der Waals surface area contributed by atoms with Crippen LogP contribution in [-0.2, 0) is 0 Å². The highest BCUT2D eigenvalue weighted by Gasteiger charge is 2.43. The molecule has 2 unspecified atom stereocenters. The van der Waals surface area contributed by atoms with Crippen LogP contribution < -0.4 is 9.64 Å². The van der Waals surface area contributed by atoms with Crippen molar-refractivity contribution in [3.8, 4) is 5.75 Å². The van der Waals surface area contributed by atoms with Crippen molar-refractivity contribution in [2.45, 2.75) is 52.0 Å². The molecule has 1 aliphatic heterocycles. The van der Waals surface area contributed by atoms with Gasteiger partial charge in [-0.25, -0.2) is 0 Å². The normalized spacial score (nSPS) is 16.9. The van der Waals surface area contributed by atoms with Crippen molar-refractivity contribution in [1.29, 1.82) is 0 Å². The summed E-state index contributed by atoms with van der Waals surface area (Å²) >= 11 is 0. The van der Waals surface area contributed by atoms with Crippen LogP contribution in [0.25, 0.3) is 23.3 Å². The van der Waals surface area contributed by atoms with Crippen LogP contribution in [0.1, 0.15) is 80.8 Å². The molecular formula is C51H47NO. The summed E-state index contributed by atoms with van der Waals surface area (Å²) in [7, 11) is 1.71. The van der Waals surface area contributed by atoms with Gasteiger partial charge in [0.2, 0.25) is 0 Å². The second-order valence-electron chi connectivity index (χ2n) is 14.6. The number of nitrogens with zero attached hydrogens (tertiary/aromatic N) is 1. The molecule has 2 aliphatic rings. The van der Waals surface area contributed by atoms with Gasteiger partial charge in [0.1, 0.15) is 5.75 Å². The lowest BCUT2D eigenvalue weighted by molar-refractivity contribution is 0.415. The first kappa shape index (κ1) is 34.2. The number of anilines is 2. The molecule has 1 aliphatic carbocycles. The third-order valence-electron chi connectivity index (χ3n) is 11.2. The van der Waals surface area contributed by atoms with E-state index in [1.807, 2.05) is 12.1 Å². The van der Waals surface area contributed by atoms with Crippen LogP contribution in [0.4, 0.5) is 11.4 Å². The van der Waals surface area contributed by atoms with Crippen molar-refractivity contribution in [2.75, 3.05) is 12.0 Å². The molecule has 8 rings (SSSR count). The number of fused-ring (bicyclic) bond motifs is 3. The van der Waals surface area contributed by atoms with Gasteiger partial charge in [-0.1, -0.05) is 145 Å². The van der Waals surface area contributed by atoms with Gasteiger partial charge >= 0.3 is 0 Å². The SMILES string of the molecule is COc1ccc(/C(=C/c2ccc(N3c4ccc(/C=C/C=C(\c5ccccc5)c5ccc(C)cc5)c(C)c4C4CCCC43)cc2)c2ccc(C)cc2)cc1. The van der Waals surface area contributed by atoms with Gasteiger partial charge in [0.05, 0.1) is 7.11 Å². The minimum atomic E-state index is 0.498. The maximum absolute atomic E-state index is 5.45. The largest absolute Gasteiger partial charge is 0.497 e. The van der Waals surface area contributed by atoms with Crippen LogP contribution in [-0.4, -0.2) is 13.2 Å². The number of benzene rings is 6. The van der Waals surface area contributed by atoms with Crippen molar-refractivity contribution in [3.63, 3.8) is 0 Å². The van der Waals surface area contributed by atoms with Crippen LogP contribution in [0.2, 0.25) is 0 Å². The number of ether oxygens (including phenoxy) is 1. The predicted octanol–water partition coefficient (Wildman–Crippen LogP) is 13.1. The van der Waals surface area contributed by atoms with Crippen molar-refractivity contribution in [3.05, 3.63) is 207 Å². The van der Waals surface area contributed by atoms with E-state index in [9.17, 15) is 0 Å². The van der Waals surface area contributed by atoms with Gasteiger partial charge in [-0.3, -0.25) is 0 Å². The van der Waals surface area contributed by atoms with Gasteiger partial charge in [0.25, 0.3) is 0 Å². The molecule has 0 N–H and O–H groups in total. The molecule has 0 spiro atoms. The average molecular weight is 690 g/mol. The molecule has 0 saturated heterocycles. The molecule has 1 heterocycles. The summed E-state index contributed by atoms with van der Waals surface area (Å²) in [5.74, 6) is 1.42. The summed E-state index contributed by atoms with van der Waals surface area (Å²) in [6.07, 6.45) is 12.9. The van der Waals surface area contributed by atoms with E-state index in [-0.39, 0.29) is 0 Å². The van der Waals surface area contributed by atoms with Gasteiger partial charge in [-0.15, -0.1) is 0 Å². The molecule has 2 nitrogen and oxygen atoms in total. The van der Waals surface area contributed by atoms with E-state index in [1.165, 1.54) is 97.4 Å². The lowest BCUT2D eigenvalue weighted by atomic mass is 9.90. The van der Waals surface area contributed by atoms with E-state index in [4.69, 9.17) is 4.74 Å². The molecule has 2 heteroatoms. The van der Waals surface area contributed by atoms with E-state index in [0.717, 1.165) is 5.75 Å². The first-order valence-electron chi connectivity index (χ1n) is 18.9. The van der Waals surface area contributed by atoms with Crippen LogP contribution in [0.5, 0.6) is 5.75 Å². The smallest absolute Gasteiger partial charge is 0.118 e. The summed E-state index contributed by atoms with van der Waals surface area (Å²) < 4.78 is 5.45. The minimum absolute atomic E-state index is 0.498. The van der Waals surface area contributed by atoms with Crippen molar-refractivity contribution < 1.29 is 4.74 Å². The fourth-order valence-corrected chi connectivity index (χ4v) is 8.38. The monoisotopic (exact) mass is 689 g/mol. The Hall–Kier alpha value is -5.86. The van der Waals surface area contributed by atoms with E-state index in [2.05, 4.69) is 177 Å². The average Bonchev–Trinajstić information content (AvgIpc) is 3.79. The molecule has 6 aromatic carbocycles. The second kappa shape index (κ2) is 15.0. The number of methoxy groups -OCH3 is 1. The third kappa shape index (κ3) is 7.02. The predicted molar refractivity (Wildman–Crippen MR) is 225 cm³/mol. The Kier molecular flexibility index (Phi) is 9.70. The van der Waals surface area contributed by atoms with E-state index < -0.39 is 0 Å². The first-order valence-corrected chi connectivity index (χ1v) is 18.9. The minimum Gasteiger partial charge on any atom is -0.497 e. The lowest BCUT2D eigenvalue weighted by Crippen LogP contribution is -2.26. The van der Waals surface area contributed by atoms with Gasteiger partial charge < -0.3 is 9.64 Å².